The maximum absolute atomic E-state index is 13.6. The lowest BCUT2D eigenvalue weighted by molar-refractivity contribution is -0.116. The van der Waals surface area contributed by atoms with Gasteiger partial charge in [0, 0.05) is 23.2 Å². The van der Waals surface area contributed by atoms with Crippen molar-refractivity contribution >= 4 is 46.9 Å². The van der Waals surface area contributed by atoms with Crippen LogP contribution < -0.4 is 26.2 Å². The Hall–Kier alpha value is -5.81. The Morgan fingerprint density at radius 2 is 1.57 bits per heavy atom. The monoisotopic (exact) mass is 675 g/mol. The first kappa shape index (κ1) is 34.5. The number of anilines is 2. The fraction of sp³-hybridized carbons (Fsp3) is 0.158. The molecule has 3 N–H and O–H groups in total. The summed E-state index contributed by atoms with van der Waals surface area (Å²) in [7, 11) is 3.33. The smallest absolute Gasteiger partial charge is 0.295 e. The molecule has 0 radical (unpaired) electrons. The number of carbonyl (C=O) groups is 3. The number of ether oxygens (including phenoxy) is 1. The quantitative estimate of drug-likeness (QED) is 0.104. The molecular formula is C38H37N5O5S. The predicted octanol–water partition coefficient (Wildman–Crippen LogP) is 6.41. The van der Waals surface area contributed by atoms with Crippen molar-refractivity contribution in [2.45, 2.75) is 30.4 Å². The third kappa shape index (κ3) is 8.38. The van der Waals surface area contributed by atoms with Gasteiger partial charge < -0.3 is 20.7 Å². The Bertz CT molecular complexity index is 2050. The molecule has 0 fully saturated rings. The molecule has 1 aromatic heterocycles. The number of hydrogen-bond donors (Lipinski definition) is 3. The highest BCUT2D eigenvalue weighted by Crippen LogP contribution is 2.29. The molecule has 10 nitrogen and oxygen atoms in total. The van der Waals surface area contributed by atoms with Gasteiger partial charge in [-0.2, -0.15) is 0 Å². The largest absolute Gasteiger partial charge is 0.497 e. The second kappa shape index (κ2) is 15.9. The lowest BCUT2D eigenvalue weighted by Gasteiger charge is -2.15. The van der Waals surface area contributed by atoms with Crippen LogP contribution in [0.1, 0.15) is 35.0 Å². The molecule has 0 saturated heterocycles. The summed E-state index contributed by atoms with van der Waals surface area (Å²) in [5.41, 5.74) is 2.79. The van der Waals surface area contributed by atoms with Crippen molar-refractivity contribution in [3.63, 3.8) is 0 Å². The van der Waals surface area contributed by atoms with E-state index in [-0.39, 0.29) is 22.9 Å². The summed E-state index contributed by atoms with van der Waals surface area (Å²) in [5.74, 6) is -0.671. The number of amides is 3. The van der Waals surface area contributed by atoms with Crippen LogP contribution in [0.3, 0.4) is 0 Å². The summed E-state index contributed by atoms with van der Waals surface area (Å²) in [4.78, 5) is 54.2. The zero-order chi connectivity index (χ0) is 34.9. The van der Waals surface area contributed by atoms with E-state index in [9.17, 15) is 19.2 Å². The summed E-state index contributed by atoms with van der Waals surface area (Å²) in [6.45, 7) is 3.68. The third-order valence-electron chi connectivity index (χ3n) is 7.77. The zero-order valence-electron chi connectivity index (χ0n) is 27.6. The van der Waals surface area contributed by atoms with E-state index in [0.717, 1.165) is 4.90 Å². The van der Waals surface area contributed by atoms with E-state index >= 15 is 0 Å². The standard InChI is InChI=1S/C38H37N5O5S/c1-5-33(37(46)41-34-25(2)42(3)43(38(34)47)29-18-10-7-11-19-29)49-31-21-13-17-28(24-31)39-36(45)32(23-26-14-12-20-30(22-26)48-4)40-35(44)27-15-8-6-9-16-27/h6-24,33H,5H2,1-4H3,(H,39,45)(H,40,44)(H,41,46)/b32-23-. The van der Waals surface area contributed by atoms with Gasteiger partial charge >= 0.3 is 0 Å². The number of rotatable bonds is 12. The van der Waals surface area contributed by atoms with Gasteiger partial charge in [0.05, 0.1) is 23.7 Å². The van der Waals surface area contributed by atoms with E-state index in [1.165, 1.54) is 16.4 Å². The number of carbonyl (C=O) groups excluding carboxylic acids is 3. The molecule has 11 heteroatoms. The Balaban J connectivity index is 1.33. The minimum Gasteiger partial charge on any atom is -0.497 e. The molecule has 5 rings (SSSR count). The van der Waals surface area contributed by atoms with Crippen LogP contribution in [0, 0.1) is 6.92 Å². The molecule has 1 heterocycles. The highest BCUT2D eigenvalue weighted by Gasteiger charge is 2.24. The molecular weight excluding hydrogens is 639 g/mol. The first-order valence-corrected chi connectivity index (χ1v) is 16.5. The maximum Gasteiger partial charge on any atom is 0.295 e. The minimum absolute atomic E-state index is 0.0327. The van der Waals surface area contributed by atoms with E-state index < -0.39 is 17.1 Å². The number of benzene rings is 4. The molecule has 3 amide bonds. The number of nitrogens with zero attached hydrogens (tertiary/aromatic N) is 2. The molecule has 0 aliphatic carbocycles. The summed E-state index contributed by atoms with van der Waals surface area (Å²) in [6, 6.07) is 32.1. The van der Waals surface area contributed by atoms with Gasteiger partial charge in [-0.3, -0.25) is 23.9 Å². The van der Waals surface area contributed by atoms with Gasteiger partial charge in [0.15, 0.2) is 0 Å². The molecule has 0 aliphatic rings. The number of methoxy groups -OCH3 is 1. The highest BCUT2D eigenvalue weighted by atomic mass is 32.2. The van der Waals surface area contributed by atoms with Crippen LogP contribution in [-0.2, 0) is 16.6 Å². The highest BCUT2D eigenvalue weighted by molar-refractivity contribution is 8.00. The van der Waals surface area contributed by atoms with Gasteiger partial charge in [-0.25, -0.2) is 4.68 Å². The van der Waals surface area contributed by atoms with Crippen LogP contribution in [0.2, 0.25) is 0 Å². The molecule has 0 spiro atoms. The number of nitrogens with one attached hydrogen (secondary N) is 3. The molecule has 250 valence electrons. The van der Waals surface area contributed by atoms with Crippen molar-refractivity contribution in [2.24, 2.45) is 7.05 Å². The van der Waals surface area contributed by atoms with E-state index in [4.69, 9.17) is 4.74 Å². The fourth-order valence-electron chi connectivity index (χ4n) is 5.09. The van der Waals surface area contributed by atoms with Gasteiger partial charge in [0.25, 0.3) is 17.4 Å². The minimum atomic E-state index is -0.534. The van der Waals surface area contributed by atoms with Crippen molar-refractivity contribution in [3.8, 4) is 11.4 Å². The predicted molar refractivity (Wildman–Crippen MR) is 194 cm³/mol. The number of hydrogen-bond acceptors (Lipinski definition) is 6. The molecule has 1 atom stereocenters. The molecule has 49 heavy (non-hydrogen) atoms. The van der Waals surface area contributed by atoms with Crippen molar-refractivity contribution in [1.82, 2.24) is 14.7 Å². The Morgan fingerprint density at radius 3 is 2.27 bits per heavy atom. The van der Waals surface area contributed by atoms with E-state index in [0.29, 0.717) is 40.4 Å². The SMILES string of the molecule is CCC(Sc1cccc(NC(=O)/C(=C/c2cccc(OC)c2)NC(=O)c2ccccc2)c1)C(=O)Nc1c(C)n(C)n(-c2ccccc2)c1=O. The number of thioether (sulfide) groups is 1. The molecule has 4 aromatic carbocycles. The van der Waals surface area contributed by atoms with Crippen molar-refractivity contribution in [3.05, 3.63) is 142 Å². The Morgan fingerprint density at radius 1 is 0.878 bits per heavy atom. The van der Waals surface area contributed by atoms with Crippen LogP contribution >= 0.6 is 11.8 Å². The first-order chi connectivity index (χ1) is 23.7. The normalized spacial score (nSPS) is 11.8. The fourth-order valence-corrected chi connectivity index (χ4v) is 6.10. The average molecular weight is 676 g/mol. The lowest BCUT2D eigenvalue weighted by Crippen LogP contribution is -2.30. The van der Waals surface area contributed by atoms with Gasteiger partial charge in [-0.05, 0) is 79.6 Å². The molecule has 0 aliphatic heterocycles. The average Bonchev–Trinajstić information content (AvgIpc) is 3.33. The first-order valence-electron chi connectivity index (χ1n) is 15.6. The topological polar surface area (TPSA) is 123 Å². The van der Waals surface area contributed by atoms with Gasteiger partial charge in [-0.15, -0.1) is 11.8 Å². The second-order valence-corrected chi connectivity index (χ2v) is 12.4. The summed E-state index contributed by atoms with van der Waals surface area (Å²) >= 11 is 1.32. The maximum atomic E-state index is 13.6. The van der Waals surface area contributed by atoms with Crippen molar-refractivity contribution in [1.29, 1.82) is 0 Å². The molecule has 0 saturated carbocycles. The van der Waals surface area contributed by atoms with Crippen LogP contribution in [0.4, 0.5) is 11.4 Å². The Labute approximate surface area is 288 Å². The van der Waals surface area contributed by atoms with Crippen LogP contribution in [0.15, 0.2) is 125 Å². The van der Waals surface area contributed by atoms with Crippen molar-refractivity contribution in [2.75, 3.05) is 17.7 Å². The third-order valence-corrected chi connectivity index (χ3v) is 9.13. The number of aromatic nitrogens is 2. The second-order valence-electron chi connectivity index (χ2n) is 11.1. The summed E-state index contributed by atoms with van der Waals surface area (Å²) in [6.07, 6.45) is 2.07. The van der Waals surface area contributed by atoms with Gasteiger partial charge in [0.1, 0.15) is 17.1 Å². The van der Waals surface area contributed by atoms with Crippen LogP contribution in [0.25, 0.3) is 11.8 Å². The lowest BCUT2D eigenvalue weighted by atomic mass is 10.1. The van der Waals surface area contributed by atoms with Crippen molar-refractivity contribution < 1.29 is 19.1 Å². The Kier molecular flexibility index (Phi) is 11.2. The number of para-hydroxylation sites is 1. The summed E-state index contributed by atoms with van der Waals surface area (Å²) < 4.78 is 8.55. The summed E-state index contributed by atoms with van der Waals surface area (Å²) in [5, 5.41) is 7.96. The molecule has 0 bridgehead atoms. The zero-order valence-corrected chi connectivity index (χ0v) is 28.4. The molecule has 1 unspecified atom stereocenters. The van der Waals surface area contributed by atoms with E-state index in [1.54, 1.807) is 105 Å². The van der Waals surface area contributed by atoms with E-state index in [1.807, 2.05) is 43.3 Å². The van der Waals surface area contributed by atoms with Crippen LogP contribution in [-0.4, -0.2) is 39.4 Å². The van der Waals surface area contributed by atoms with Gasteiger partial charge in [-0.1, -0.05) is 61.5 Å². The van der Waals surface area contributed by atoms with Crippen LogP contribution in [0.5, 0.6) is 5.75 Å². The molecule has 5 aromatic rings. The van der Waals surface area contributed by atoms with Gasteiger partial charge in [0.2, 0.25) is 5.91 Å². The van der Waals surface area contributed by atoms with E-state index in [2.05, 4.69) is 16.0 Å².